The van der Waals surface area contributed by atoms with Gasteiger partial charge in [0.25, 0.3) is 0 Å². The molecule has 4 heterocycles. The molecule has 4 aromatic rings. The summed E-state index contributed by atoms with van der Waals surface area (Å²) in [5.41, 5.74) is 2.55. The van der Waals surface area contributed by atoms with Crippen LogP contribution in [-0.2, 0) is 5.88 Å². The Hall–Kier alpha value is -3.13. The van der Waals surface area contributed by atoms with Gasteiger partial charge in [0.05, 0.1) is 48.8 Å². The molecule has 0 spiro atoms. The van der Waals surface area contributed by atoms with Crippen LogP contribution in [0.2, 0.25) is 0 Å². The molecule has 0 amide bonds. The molecular formula is C15H13ClN8. The summed E-state index contributed by atoms with van der Waals surface area (Å²) < 4.78 is 0. The van der Waals surface area contributed by atoms with Crippen LogP contribution in [0.3, 0.4) is 0 Å². The number of rotatable bonds is 3. The molecule has 0 N–H and O–H groups in total. The minimum atomic E-state index is 0.423. The second-order valence-electron chi connectivity index (χ2n) is 4.49. The number of aromatic nitrogens is 8. The van der Waals surface area contributed by atoms with Gasteiger partial charge in [-0.2, -0.15) is 30.0 Å². The summed E-state index contributed by atoms with van der Waals surface area (Å²) in [6.07, 6.45) is 11.6. The van der Waals surface area contributed by atoms with Crippen LogP contribution >= 0.6 is 11.6 Å². The summed E-state index contributed by atoms with van der Waals surface area (Å²) in [7, 11) is 0. The zero-order chi connectivity index (χ0) is 16.6. The van der Waals surface area contributed by atoms with E-state index in [0.29, 0.717) is 5.88 Å². The number of alkyl halides is 1. The lowest BCUT2D eigenvalue weighted by Crippen LogP contribution is -1.99. The number of hydrogen-bond donors (Lipinski definition) is 0. The van der Waals surface area contributed by atoms with Crippen molar-refractivity contribution in [1.29, 1.82) is 0 Å². The van der Waals surface area contributed by atoms with Gasteiger partial charge >= 0.3 is 0 Å². The van der Waals surface area contributed by atoms with Crippen molar-refractivity contribution in [2.75, 3.05) is 0 Å². The lowest BCUT2D eigenvalue weighted by atomic mass is 10.3. The van der Waals surface area contributed by atoms with Crippen molar-refractivity contribution < 1.29 is 0 Å². The van der Waals surface area contributed by atoms with Gasteiger partial charge in [0.1, 0.15) is 11.4 Å². The molecule has 0 unspecified atom stereocenters. The van der Waals surface area contributed by atoms with Crippen LogP contribution in [0.15, 0.2) is 67.6 Å². The molecule has 0 radical (unpaired) electrons. The van der Waals surface area contributed by atoms with E-state index in [9.17, 15) is 0 Å². The van der Waals surface area contributed by atoms with Gasteiger partial charge in [-0.05, 0) is 24.3 Å². The Labute approximate surface area is 142 Å². The van der Waals surface area contributed by atoms with Crippen molar-refractivity contribution in [2.24, 2.45) is 0 Å². The third-order valence-corrected chi connectivity index (χ3v) is 3.17. The number of nitrogens with zero attached hydrogens (tertiary/aromatic N) is 8. The Kier molecular flexibility index (Phi) is 5.21. The Balaban J connectivity index is 0.000000143. The maximum atomic E-state index is 5.60. The van der Waals surface area contributed by atoms with Crippen LogP contribution in [0, 0.1) is 0 Å². The third-order valence-electron chi connectivity index (χ3n) is 2.89. The monoisotopic (exact) mass is 340 g/mol. The largest absolute Gasteiger partial charge is 0.262 e. The summed E-state index contributed by atoms with van der Waals surface area (Å²) in [6.45, 7) is 0. The zero-order valence-electron chi connectivity index (χ0n) is 12.5. The highest BCUT2D eigenvalue weighted by Gasteiger charge is 1.97. The summed E-state index contributed by atoms with van der Waals surface area (Å²) in [5.74, 6) is 0.423. The molecule has 8 nitrogen and oxygen atoms in total. The second-order valence-corrected chi connectivity index (χ2v) is 4.76. The molecule has 0 fully saturated rings. The van der Waals surface area contributed by atoms with Gasteiger partial charge in [0, 0.05) is 6.20 Å². The minimum absolute atomic E-state index is 0.423. The van der Waals surface area contributed by atoms with E-state index < -0.39 is 0 Å². The van der Waals surface area contributed by atoms with Crippen LogP contribution in [0.4, 0.5) is 0 Å². The second kappa shape index (κ2) is 7.93. The summed E-state index contributed by atoms with van der Waals surface area (Å²) in [5, 5.41) is 15.9. The normalized spacial score (nSPS) is 10.0. The molecule has 0 bridgehead atoms. The smallest absolute Gasteiger partial charge is 0.104 e. The topological polar surface area (TPSA) is 87.2 Å². The molecule has 120 valence electrons. The van der Waals surface area contributed by atoms with E-state index in [1.54, 1.807) is 43.4 Å². The average Bonchev–Trinajstić information content (AvgIpc) is 3.37. The molecular weight excluding hydrogens is 328 g/mol. The summed E-state index contributed by atoms with van der Waals surface area (Å²) in [4.78, 5) is 11.1. The molecule has 0 aliphatic rings. The molecule has 24 heavy (non-hydrogen) atoms. The van der Waals surface area contributed by atoms with E-state index in [-0.39, 0.29) is 0 Å². The van der Waals surface area contributed by atoms with Gasteiger partial charge in [-0.15, -0.1) is 11.6 Å². The van der Waals surface area contributed by atoms with Crippen molar-refractivity contribution >= 4 is 11.6 Å². The third kappa shape index (κ3) is 3.99. The maximum Gasteiger partial charge on any atom is 0.104 e. The zero-order valence-corrected chi connectivity index (χ0v) is 13.3. The first kappa shape index (κ1) is 15.8. The molecule has 0 aliphatic heterocycles. The quantitative estimate of drug-likeness (QED) is 0.530. The number of pyridine rings is 2. The van der Waals surface area contributed by atoms with Crippen molar-refractivity contribution in [2.45, 2.75) is 5.88 Å². The average molecular weight is 341 g/mol. The summed E-state index contributed by atoms with van der Waals surface area (Å²) in [6, 6.07) is 7.47. The van der Waals surface area contributed by atoms with Crippen LogP contribution in [-0.4, -0.2) is 40.0 Å². The van der Waals surface area contributed by atoms with Crippen molar-refractivity contribution in [3.63, 3.8) is 0 Å². The lowest BCUT2D eigenvalue weighted by molar-refractivity contribution is 0.747. The van der Waals surface area contributed by atoms with Crippen molar-refractivity contribution in [1.82, 2.24) is 40.0 Å². The van der Waals surface area contributed by atoms with E-state index in [2.05, 4.69) is 30.4 Å². The Morgan fingerprint density at radius 1 is 0.750 bits per heavy atom. The first-order valence-corrected chi connectivity index (χ1v) is 7.54. The van der Waals surface area contributed by atoms with E-state index in [0.717, 1.165) is 17.1 Å². The van der Waals surface area contributed by atoms with Crippen molar-refractivity contribution in [3.8, 4) is 11.4 Å². The van der Waals surface area contributed by atoms with Crippen LogP contribution in [0.25, 0.3) is 11.4 Å². The molecule has 9 heteroatoms. The fourth-order valence-corrected chi connectivity index (χ4v) is 1.94. The Morgan fingerprint density at radius 2 is 1.38 bits per heavy atom. The van der Waals surface area contributed by atoms with Crippen LogP contribution in [0.1, 0.15) is 5.69 Å². The van der Waals surface area contributed by atoms with Gasteiger partial charge in [0.2, 0.25) is 0 Å². The Bertz CT molecular complexity index is 829. The highest BCUT2D eigenvalue weighted by molar-refractivity contribution is 6.16. The maximum absolute atomic E-state index is 5.60. The first-order valence-electron chi connectivity index (χ1n) is 7.01. The molecule has 0 saturated heterocycles. The SMILES string of the molecule is ClCc1ccc(-n2nccn2)cn1.c1cncc(-n2nccn2)c1. The Morgan fingerprint density at radius 3 is 1.83 bits per heavy atom. The summed E-state index contributed by atoms with van der Waals surface area (Å²) >= 11 is 5.60. The molecule has 4 aromatic heterocycles. The predicted octanol–water partition coefficient (Wildman–Crippen LogP) is 2.06. The van der Waals surface area contributed by atoms with Crippen LogP contribution < -0.4 is 0 Å². The lowest BCUT2D eigenvalue weighted by Gasteiger charge is -1.98. The number of halogens is 1. The molecule has 4 rings (SSSR count). The molecule has 0 aliphatic carbocycles. The molecule has 0 atom stereocenters. The van der Waals surface area contributed by atoms with Crippen LogP contribution in [0.5, 0.6) is 0 Å². The fourth-order valence-electron chi connectivity index (χ4n) is 1.78. The van der Waals surface area contributed by atoms with E-state index in [1.165, 1.54) is 9.59 Å². The minimum Gasteiger partial charge on any atom is -0.262 e. The van der Waals surface area contributed by atoms with Gasteiger partial charge in [-0.1, -0.05) is 0 Å². The van der Waals surface area contributed by atoms with Crippen molar-refractivity contribution in [3.05, 3.63) is 73.3 Å². The van der Waals surface area contributed by atoms with Gasteiger partial charge in [-0.3, -0.25) is 9.97 Å². The fraction of sp³-hybridized carbons (Fsp3) is 0.0667. The molecule has 0 aromatic carbocycles. The highest BCUT2D eigenvalue weighted by Crippen LogP contribution is 2.05. The van der Waals surface area contributed by atoms with Gasteiger partial charge in [-0.25, -0.2) is 0 Å². The highest BCUT2D eigenvalue weighted by atomic mass is 35.5. The first-order chi connectivity index (χ1) is 11.9. The molecule has 0 saturated carbocycles. The predicted molar refractivity (Wildman–Crippen MR) is 87.9 cm³/mol. The van der Waals surface area contributed by atoms with Gasteiger partial charge in [0.15, 0.2) is 0 Å². The van der Waals surface area contributed by atoms with E-state index in [4.69, 9.17) is 11.6 Å². The number of hydrogen-bond acceptors (Lipinski definition) is 6. The standard InChI is InChI=1S/C8H7ClN4.C7H6N4/c9-5-7-1-2-8(6-10-7)13-11-3-4-12-13;1-2-7(6-8-3-1)11-9-4-5-10-11/h1-4,6H,5H2;1-6H. The van der Waals surface area contributed by atoms with Gasteiger partial charge < -0.3 is 0 Å². The van der Waals surface area contributed by atoms with E-state index in [1.807, 2.05) is 24.3 Å². The van der Waals surface area contributed by atoms with E-state index >= 15 is 0 Å².